The SMILES string of the molecule is Cc1cc(Cl)cc2nc(C(O)CCN)oc12. The first-order valence-electron chi connectivity index (χ1n) is 5.06. The molecule has 0 aliphatic rings. The van der Waals surface area contributed by atoms with Gasteiger partial charge < -0.3 is 15.3 Å². The number of hydrogen-bond acceptors (Lipinski definition) is 4. The molecule has 4 nitrogen and oxygen atoms in total. The Balaban J connectivity index is 2.47. The minimum absolute atomic E-state index is 0.297. The van der Waals surface area contributed by atoms with E-state index >= 15 is 0 Å². The van der Waals surface area contributed by atoms with Gasteiger partial charge in [0.2, 0.25) is 5.89 Å². The van der Waals surface area contributed by atoms with Crippen molar-refractivity contribution in [2.24, 2.45) is 5.73 Å². The minimum atomic E-state index is -0.754. The summed E-state index contributed by atoms with van der Waals surface area (Å²) in [4.78, 5) is 4.20. The number of oxazole rings is 1. The number of aliphatic hydroxyl groups excluding tert-OH is 1. The monoisotopic (exact) mass is 240 g/mol. The first-order chi connectivity index (χ1) is 7.61. The van der Waals surface area contributed by atoms with Gasteiger partial charge in [0.1, 0.15) is 11.6 Å². The van der Waals surface area contributed by atoms with E-state index in [0.29, 0.717) is 35.0 Å². The van der Waals surface area contributed by atoms with E-state index in [1.54, 1.807) is 12.1 Å². The Kier molecular flexibility index (Phi) is 3.14. The molecule has 3 N–H and O–H groups in total. The fraction of sp³-hybridized carbons (Fsp3) is 0.364. The Morgan fingerprint density at radius 1 is 1.56 bits per heavy atom. The van der Waals surface area contributed by atoms with E-state index in [2.05, 4.69) is 4.98 Å². The standard InChI is InChI=1S/C11H13ClN2O2/c1-6-4-7(12)5-8-10(6)16-11(14-8)9(15)2-3-13/h4-5,9,15H,2-3,13H2,1H3. The van der Waals surface area contributed by atoms with Crippen LogP contribution in [0.4, 0.5) is 0 Å². The maximum Gasteiger partial charge on any atom is 0.224 e. The molecule has 1 unspecified atom stereocenters. The van der Waals surface area contributed by atoms with Crippen molar-refractivity contribution >= 4 is 22.7 Å². The van der Waals surface area contributed by atoms with Crippen LogP contribution in [0.5, 0.6) is 0 Å². The van der Waals surface area contributed by atoms with Gasteiger partial charge in [0.25, 0.3) is 0 Å². The molecule has 5 heteroatoms. The lowest BCUT2D eigenvalue weighted by molar-refractivity contribution is 0.139. The second-order valence-electron chi connectivity index (χ2n) is 3.72. The van der Waals surface area contributed by atoms with Gasteiger partial charge in [-0.1, -0.05) is 11.6 Å². The van der Waals surface area contributed by atoms with Crippen LogP contribution in [0, 0.1) is 6.92 Å². The summed E-state index contributed by atoms with van der Waals surface area (Å²) in [6.45, 7) is 2.28. The summed E-state index contributed by atoms with van der Waals surface area (Å²) in [5.41, 5.74) is 7.59. The van der Waals surface area contributed by atoms with Crippen LogP contribution in [0.3, 0.4) is 0 Å². The van der Waals surface area contributed by atoms with E-state index in [-0.39, 0.29) is 0 Å². The molecule has 0 spiro atoms. The number of rotatable bonds is 3. The number of nitrogens with two attached hydrogens (primary N) is 1. The molecule has 16 heavy (non-hydrogen) atoms. The largest absolute Gasteiger partial charge is 0.438 e. The lowest BCUT2D eigenvalue weighted by Crippen LogP contribution is -2.06. The summed E-state index contributed by atoms with van der Waals surface area (Å²) in [7, 11) is 0. The van der Waals surface area contributed by atoms with Gasteiger partial charge in [-0.05, 0) is 37.6 Å². The first-order valence-corrected chi connectivity index (χ1v) is 5.44. The van der Waals surface area contributed by atoms with Crippen molar-refractivity contribution in [1.29, 1.82) is 0 Å². The summed E-state index contributed by atoms with van der Waals surface area (Å²) in [5, 5.41) is 10.3. The van der Waals surface area contributed by atoms with Crippen LogP contribution in [0.2, 0.25) is 5.02 Å². The van der Waals surface area contributed by atoms with Crippen molar-refractivity contribution in [2.75, 3.05) is 6.54 Å². The second kappa shape index (κ2) is 4.41. The average molecular weight is 241 g/mol. The first kappa shape index (κ1) is 11.4. The number of halogens is 1. The maximum atomic E-state index is 9.71. The van der Waals surface area contributed by atoms with Gasteiger partial charge in [0.05, 0.1) is 0 Å². The number of benzene rings is 1. The molecule has 0 aliphatic carbocycles. The zero-order valence-corrected chi connectivity index (χ0v) is 9.66. The molecule has 0 bridgehead atoms. The topological polar surface area (TPSA) is 72.3 Å². The Bertz CT molecular complexity index is 510. The average Bonchev–Trinajstić information content (AvgIpc) is 2.62. The van der Waals surface area contributed by atoms with Gasteiger partial charge >= 0.3 is 0 Å². The van der Waals surface area contributed by atoms with Crippen LogP contribution < -0.4 is 5.73 Å². The van der Waals surface area contributed by atoms with Gasteiger partial charge in [-0.25, -0.2) is 4.98 Å². The van der Waals surface area contributed by atoms with E-state index in [9.17, 15) is 5.11 Å². The molecule has 1 aromatic carbocycles. The van der Waals surface area contributed by atoms with E-state index in [4.69, 9.17) is 21.8 Å². The molecule has 2 aromatic rings. The molecule has 1 heterocycles. The van der Waals surface area contributed by atoms with Crippen LogP contribution in [0.25, 0.3) is 11.1 Å². The summed E-state index contributed by atoms with van der Waals surface area (Å²) in [5.74, 6) is 0.297. The number of aryl methyl sites for hydroxylation is 1. The van der Waals surface area contributed by atoms with E-state index < -0.39 is 6.10 Å². The molecule has 1 aromatic heterocycles. The van der Waals surface area contributed by atoms with Crippen LogP contribution >= 0.6 is 11.6 Å². The predicted molar refractivity (Wildman–Crippen MR) is 62.4 cm³/mol. The Morgan fingerprint density at radius 3 is 3.00 bits per heavy atom. The third-order valence-corrected chi connectivity index (χ3v) is 2.60. The summed E-state index contributed by atoms with van der Waals surface area (Å²) >= 11 is 5.91. The third kappa shape index (κ3) is 2.04. The van der Waals surface area contributed by atoms with Crippen LogP contribution in [-0.4, -0.2) is 16.6 Å². The Morgan fingerprint density at radius 2 is 2.31 bits per heavy atom. The molecule has 0 saturated heterocycles. The number of aliphatic hydroxyl groups is 1. The summed E-state index contributed by atoms with van der Waals surface area (Å²) in [6, 6.07) is 3.51. The molecular weight excluding hydrogens is 228 g/mol. The molecule has 86 valence electrons. The Hall–Kier alpha value is -1.10. The Labute approximate surface area is 98.0 Å². The maximum absolute atomic E-state index is 9.71. The van der Waals surface area contributed by atoms with Gasteiger partial charge in [0, 0.05) is 5.02 Å². The molecule has 0 amide bonds. The van der Waals surface area contributed by atoms with E-state index in [1.165, 1.54) is 0 Å². The number of hydrogen-bond donors (Lipinski definition) is 2. The van der Waals surface area contributed by atoms with Gasteiger partial charge in [-0.3, -0.25) is 0 Å². The molecule has 1 atom stereocenters. The molecular formula is C11H13ClN2O2. The summed E-state index contributed by atoms with van der Waals surface area (Å²) in [6.07, 6.45) is -0.324. The second-order valence-corrected chi connectivity index (χ2v) is 4.15. The molecule has 0 aliphatic heterocycles. The number of nitrogens with zero attached hydrogens (tertiary/aromatic N) is 1. The highest BCUT2D eigenvalue weighted by Gasteiger charge is 2.15. The number of fused-ring (bicyclic) bond motifs is 1. The quantitative estimate of drug-likeness (QED) is 0.863. The zero-order valence-electron chi connectivity index (χ0n) is 8.90. The van der Waals surface area contributed by atoms with Crippen molar-refractivity contribution in [3.05, 3.63) is 28.6 Å². The normalized spacial score (nSPS) is 13.2. The van der Waals surface area contributed by atoms with Crippen molar-refractivity contribution in [1.82, 2.24) is 4.98 Å². The van der Waals surface area contributed by atoms with Crippen molar-refractivity contribution < 1.29 is 9.52 Å². The highest BCUT2D eigenvalue weighted by Crippen LogP contribution is 2.27. The highest BCUT2D eigenvalue weighted by molar-refractivity contribution is 6.31. The van der Waals surface area contributed by atoms with Crippen LogP contribution in [0.1, 0.15) is 24.0 Å². The van der Waals surface area contributed by atoms with Gasteiger partial charge in [-0.2, -0.15) is 0 Å². The van der Waals surface area contributed by atoms with Gasteiger partial charge in [0.15, 0.2) is 5.58 Å². The third-order valence-electron chi connectivity index (χ3n) is 2.38. The van der Waals surface area contributed by atoms with Gasteiger partial charge in [-0.15, -0.1) is 0 Å². The smallest absolute Gasteiger partial charge is 0.224 e. The zero-order chi connectivity index (χ0) is 11.7. The molecule has 2 rings (SSSR count). The van der Waals surface area contributed by atoms with Crippen molar-refractivity contribution in [3.8, 4) is 0 Å². The predicted octanol–water partition coefficient (Wildman–Crippen LogP) is 2.17. The molecule has 0 radical (unpaired) electrons. The lowest BCUT2D eigenvalue weighted by Gasteiger charge is -2.02. The van der Waals surface area contributed by atoms with Crippen LogP contribution in [0.15, 0.2) is 16.5 Å². The fourth-order valence-electron chi connectivity index (χ4n) is 1.60. The lowest BCUT2D eigenvalue weighted by atomic mass is 10.2. The van der Waals surface area contributed by atoms with Crippen molar-refractivity contribution in [2.45, 2.75) is 19.4 Å². The fourth-order valence-corrected chi connectivity index (χ4v) is 1.87. The number of aromatic nitrogens is 1. The summed E-state index contributed by atoms with van der Waals surface area (Å²) < 4.78 is 5.49. The van der Waals surface area contributed by atoms with E-state index in [1.807, 2.05) is 6.92 Å². The van der Waals surface area contributed by atoms with Crippen LogP contribution in [-0.2, 0) is 0 Å². The van der Waals surface area contributed by atoms with E-state index in [0.717, 1.165) is 5.56 Å². The highest BCUT2D eigenvalue weighted by atomic mass is 35.5. The molecule has 0 saturated carbocycles. The molecule has 0 fully saturated rings. The van der Waals surface area contributed by atoms with Crippen molar-refractivity contribution in [3.63, 3.8) is 0 Å². The minimum Gasteiger partial charge on any atom is -0.438 e.